The average Bonchev–Trinajstić information content (AvgIpc) is 1.97. The highest BCUT2D eigenvalue weighted by atomic mass is 32.2. The van der Waals surface area contributed by atoms with Gasteiger partial charge >= 0.3 is 0 Å². The van der Waals surface area contributed by atoms with Crippen LogP contribution in [0.4, 0.5) is 0 Å². The van der Waals surface area contributed by atoms with E-state index in [4.69, 9.17) is 5.73 Å². The zero-order valence-electron chi connectivity index (χ0n) is 9.16. The van der Waals surface area contributed by atoms with Gasteiger partial charge in [-0.15, -0.1) is 0 Å². The normalized spacial score (nSPS) is 22.4. The van der Waals surface area contributed by atoms with Gasteiger partial charge in [0.05, 0.1) is 5.75 Å². The molecule has 84 valence electrons. The fraction of sp³-hybridized carbons (Fsp3) is 1.00. The largest absolute Gasteiger partial charge is 0.323 e. The Morgan fingerprint density at radius 3 is 2.29 bits per heavy atom. The Bertz CT molecular complexity index is 292. The van der Waals surface area contributed by atoms with Gasteiger partial charge in [-0.05, 0) is 12.3 Å². The lowest BCUT2D eigenvalue weighted by molar-refractivity contribution is 0.110. The number of nitrogens with two attached hydrogens (primary N) is 1. The van der Waals surface area contributed by atoms with Crippen LogP contribution in [0.2, 0.25) is 0 Å². The van der Waals surface area contributed by atoms with Gasteiger partial charge in [-0.2, -0.15) is 4.31 Å². The first-order valence-electron chi connectivity index (χ1n) is 5.08. The third kappa shape index (κ3) is 2.10. The summed E-state index contributed by atoms with van der Waals surface area (Å²) in [4.78, 5) is 0. The van der Waals surface area contributed by atoms with Gasteiger partial charge in [-0.25, -0.2) is 8.42 Å². The molecule has 0 saturated carbocycles. The van der Waals surface area contributed by atoms with Crippen molar-refractivity contribution < 1.29 is 8.42 Å². The first-order chi connectivity index (χ1) is 6.32. The van der Waals surface area contributed by atoms with Crippen molar-refractivity contribution in [2.45, 2.75) is 32.7 Å². The van der Waals surface area contributed by atoms with E-state index in [0.29, 0.717) is 25.4 Å². The Morgan fingerprint density at radius 1 is 1.43 bits per heavy atom. The molecule has 0 bridgehead atoms. The number of sulfonamides is 1. The predicted octanol–water partition coefficient (Wildman–Crippen LogP) is 0.395. The van der Waals surface area contributed by atoms with Gasteiger partial charge in [0, 0.05) is 18.6 Å². The molecule has 0 aromatic heterocycles. The highest BCUT2D eigenvalue weighted by Crippen LogP contribution is 2.28. The van der Waals surface area contributed by atoms with Crippen LogP contribution in [-0.4, -0.2) is 37.1 Å². The van der Waals surface area contributed by atoms with E-state index >= 15 is 0 Å². The SMILES string of the molecule is CCCS(=O)(=O)N1CC(N)(C(C)C)C1. The second-order valence-electron chi connectivity index (χ2n) is 4.47. The maximum atomic E-state index is 11.6. The van der Waals surface area contributed by atoms with Crippen LogP contribution in [0.25, 0.3) is 0 Å². The summed E-state index contributed by atoms with van der Waals surface area (Å²) >= 11 is 0. The minimum absolute atomic E-state index is 0.237. The lowest BCUT2D eigenvalue weighted by atomic mass is 9.82. The van der Waals surface area contributed by atoms with Crippen LogP contribution in [0.3, 0.4) is 0 Å². The summed E-state index contributed by atoms with van der Waals surface area (Å²) in [6.07, 6.45) is 0.665. The monoisotopic (exact) mass is 220 g/mol. The number of hydrogen-bond donors (Lipinski definition) is 1. The van der Waals surface area contributed by atoms with Gasteiger partial charge < -0.3 is 5.73 Å². The molecule has 4 nitrogen and oxygen atoms in total. The first kappa shape index (κ1) is 11.9. The molecule has 0 atom stereocenters. The van der Waals surface area contributed by atoms with E-state index in [9.17, 15) is 8.42 Å². The van der Waals surface area contributed by atoms with Crippen molar-refractivity contribution in [1.29, 1.82) is 0 Å². The first-order valence-corrected chi connectivity index (χ1v) is 6.69. The third-order valence-corrected chi connectivity index (χ3v) is 4.92. The molecule has 1 heterocycles. The second-order valence-corrected chi connectivity index (χ2v) is 6.56. The Balaban J connectivity index is 2.57. The molecule has 0 unspecified atom stereocenters. The van der Waals surface area contributed by atoms with Gasteiger partial charge in [-0.1, -0.05) is 20.8 Å². The number of nitrogens with zero attached hydrogens (tertiary/aromatic N) is 1. The summed E-state index contributed by atoms with van der Waals surface area (Å²) in [5.41, 5.74) is 5.72. The van der Waals surface area contributed by atoms with Crippen LogP contribution in [-0.2, 0) is 10.0 Å². The van der Waals surface area contributed by atoms with E-state index in [1.165, 1.54) is 4.31 Å². The van der Waals surface area contributed by atoms with E-state index in [2.05, 4.69) is 0 Å². The quantitative estimate of drug-likeness (QED) is 0.745. The summed E-state index contributed by atoms with van der Waals surface area (Å²) in [5.74, 6) is 0.567. The molecule has 1 saturated heterocycles. The summed E-state index contributed by atoms with van der Waals surface area (Å²) in [6, 6.07) is 0. The van der Waals surface area contributed by atoms with Crippen LogP contribution in [0.15, 0.2) is 0 Å². The second kappa shape index (κ2) is 3.79. The zero-order valence-corrected chi connectivity index (χ0v) is 9.97. The molecule has 5 heteroatoms. The minimum atomic E-state index is -3.02. The van der Waals surface area contributed by atoms with Crippen molar-refractivity contribution in [3.05, 3.63) is 0 Å². The van der Waals surface area contributed by atoms with E-state index in [1.807, 2.05) is 20.8 Å². The number of rotatable bonds is 4. The van der Waals surface area contributed by atoms with E-state index < -0.39 is 10.0 Å². The highest BCUT2D eigenvalue weighted by Gasteiger charge is 2.46. The zero-order chi connectivity index (χ0) is 11.0. The Hall–Kier alpha value is -0.130. The van der Waals surface area contributed by atoms with Crippen LogP contribution >= 0.6 is 0 Å². The van der Waals surface area contributed by atoms with Crippen molar-refractivity contribution in [2.24, 2.45) is 11.7 Å². The molecular formula is C9H20N2O2S. The van der Waals surface area contributed by atoms with Crippen molar-refractivity contribution in [3.63, 3.8) is 0 Å². The third-order valence-electron chi connectivity index (χ3n) is 2.95. The number of hydrogen-bond acceptors (Lipinski definition) is 3. The van der Waals surface area contributed by atoms with Gasteiger partial charge in [0.1, 0.15) is 0 Å². The van der Waals surface area contributed by atoms with Crippen molar-refractivity contribution in [1.82, 2.24) is 4.31 Å². The minimum Gasteiger partial charge on any atom is -0.323 e. The summed E-state index contributed by atoms with van der Waals surface area (Å²) in [7, 11) is -3.02. The van der Waals surface area contributed by atoms with Gasteiger partial charge in [-0.3, -0.25) is 0 Å². The summed E-state index contributed by atoms with van der Waals surface area (Å²) < 4.78 is 24.7. The molecule has 0 aromatic carbocycles. The molecule has 14 heavy (non-hydrogen) atoms. The molecule has 0 aromatic rings. The standard InChI is InChI=1S/C9H20N2O2S/c1-4-5-14(12,13)11-6-9(10,7-11)8(2)3/h8H,4-7,10H2,1-3H3. The van der Waals surface area contributed by atoms with Crippen LogP contribution in [0.5, 0.6) is 0 Å². The van der Waals surface area contributed by atoms with E-state index in [-0.39, 0.29) is 11.3 Å². The lowest BCUT2D eigenvalue weighted by Crippen LogP contribution is -2.71. The van der Waals surface area contributed by atoms with Crippen LogP contribution < -0.4 is 5.73 Å². The van der Waals surface area contributed by atoms with Gasteiger partial charge in [0.2, 0.25) is 10.0 Å². The summed E-state index contributed by atoms with van der Waals surface area (Å²) in [6.45, 7) is 6.89. The maximum Gasteiger partial charge on any atom is 0.214 e. The van der Waals surface area contributed by atoms with Gasteiger partial charge in [0.25, 0.3) is 0 Å². The van der Waals surface area contributed by atoms with Crippen LogP contribution in [0.1, 0.15) is 27.2 Å². The average molecular weight is 220 g/mol. The molecule has 2 N–H and O–H groups in total. The fourth-order valence-corrected chi connectivity index (χ4v) is 3.21. The van der Waals surface area contributed by atoms with Gasteiger partial charge in [0.15, 0.2) is 0 Å². The molecular weight excluding hydrogens is 200 g/mol. The Kier molecular flexibility index (Phi) is 3.23. The summed E-state index contributed by atoms with van der Waals surface area (Å²) in [5, 5.41) is 0. The Labute approximate surface area is 86.5 Å². The molecule has 1 aliphatic rings. The predicted molar refractivity (Wildman–Crippen MR) is 57.4 cm³/mol. The van der Waals surface area contributed by atoms with E-state index in [1.54, 1.807) is 0 Å². The highest BCUT2D eigenvalue weighted by molar-refractivity contribution is 7.89. The fourth-order valence-electron chi connectivity index (χ4n) is 1.56. The van der Waals surface area contributed by atoms with Crippen molar-refractivity contribution >= 4 is 10.0 Å². The van der Waals surface area contributed by atoms with Crippen molar-refractivity contribution in [3.8, 4) is 0 Å². The smallest absolute Gasteiger partial charge is 0.214 e. The molecule has 0 spiro atoms. The molecule has 0 radical (unpaired) electrons. The maximum absolute atomic E-state index is 11.6. The topological polar surface area (TPSA) is 63.4 Å². The van der Waals surface area contributed by atoms with E-state index in [0.717, 1.165) is 0 Å². The Morgan fingerprint density at radius 2 is 1.93 bits per heavy atom. The molecule has 0 aliphatic carbocycles. The molecule has 0 amide bonds. The molecule has 1 rings (SSSR count). The molecule has 1 aliphatic heterocycles. The molecule has 1 fully saturated rings. The van der Waals surface area contributed by atoms with Crippen molar-refractivity contribution in [2.75, 3.05) is 18.8 Å². The van der Waals surface area contributed by atoms with Crippen LogP contribution in [0, 0.1) is 5.92 Å². The lowest BCUT2D eigenvalue weighted by Gasteiger charge is -2.49.